The van der Waals surface area contributed by atoms with E-state index in [2.05, 4.69) is 5.32 Å². The quantitative estimate of drug-likeness (QED) is 0.808. The van der Waals surface area contributed by atoms with Crippen LogP contribution in [0.5, 0.6) is 5.75 Å². The molecule has 2 rings (SSSR count). The number of carbonyl (C=O) groups is 1. The number of rotatable bonds is 4. The molecule has 1 atom stereocenters. The van der Waals surface area contributed by atoms with Crippen LogP contribution in [-0.2, 0) is 11.2 Å². The molecule has 21 heavy (non-hydrogen) atoms. The molecule has 0 bridgehead atoms. The van der Waals surface area contributed by atoms with Gasteiger partial charge in [0.1, 0.15) is 11.6 Å². The van der Waals surface area contributed by atoms with Gasteiger partial charge in [0, 0.05) is 11.3 Å². The average molecular weight is 288 g/mol. The summed E-state index contributed by atoms with van der Waals surface area (Å²) < 4.78 is 13.4. The first kappa shape index (κ1) is 15.0. The molecule has 2 aromatic carbocycles. The zero-order valence-corrected chi connectivity index (χ0v) is 11.6. The monoisotopic (exact) mass is 288 g/mol. The van der Waals surface area contributed by atoms with Crippen LogP contribution >= 0.6 is 0 Å². The number of aromatic hydroxyl groups is 1. The lowest BCUT2D eigenvalue weighted by atomic mass is 10.1. The summed E-state index contributed by atoms with van der Waals surface area (Å²) in [5.74, 6) is -0.594. The highest BCUT2D eigenvalue weighted by Gasteiger charge is 2.15. The number of carbonyl (C=O) groups excluding carboxylic acids is 1. The fraction of sp³-hybridized carbons (Fsp3) is 0.188. The smallest absolute Gasteiger partial charge is 0.241 e. The lowest BCUT2D eigenvalue weighted by Gasteiger charge is -2.14. The third-order valence-corrected chi connectivity index (χ3v) is 3.25. The van der Waals surface area contributed by atoms with E-state index < -0.39 is 6.04 Å². The highest BCUT2D eigenvalue weighted by molar-refractivity contribution is 5.95. The summed E-state index contributed by atoms with van der Waals surface area (Å²) in [5, 5.41) is 11.8. The minimum absolute atomic E-state index is 0.159. The van der Waals surface area contributed by atoms with Crippen LogP contribution in [0.2, 0.25) is 0 Å². The van der Waals surface area contributed by atoms with Crippen LogP contribution in [-0.4, -0.2) is 17.1 Å². The zero-order valence-electron chi connectivity index (χ0n) is 11.6. The van der Waals surface area contributed by atoms with Crippen molar-refractivity contribution in [2.24, 2.45) is 5.73 Å². The molecule has 4 N–H and O–H groups in total. The molecule has 0 saturated heterocycles. The van der Waals surface area contributed by atoms with Gasteiger partial charge in [0.2, 0.25) is 5.91 Å². The van der Waals surface area contributed by atoms with E-state index >= 15 is 0 Å². The van der Waals surface area contributed by atoms with Crippen LogP contribution in [0, 0.1) is 12.7 Å². The van der Waals surface area contributed by atoms with E-state index in [0.717, 1.165) is 5.56 Å². The maximum absolute atomic E-state index is 13.4. The second-order valence-corrected chi connectivity index (χ2v) is 4.88. The first-order valence-electron chi connectivity index (χ1n) is 6.57. The summed E-state index contributed by atoms with van der Waals surface area (Å²) in [6, 6.07) is 10.2. The van der Waals surface area contributed by atoms with Crippen molar-refractivity contribution in [3.05, 3.63) is 59.4 Å². The van der Waals surface area contributed by atoms with Gasteiger partial charge in [0.25, 0.3) is 0 Å². The molecule has 0 aliphatic carbocycles. The number of nitrogens with two attached hydrogens (primary N) is 1. The van der Waals surface area contributed by atoms with Crippen molar-refractivity contribution in [2.45, 2.75) is 19.4 Å². The number of benzene rings is 2. The van der Waals surface area contributed by atoms with Gasteiger partial charge >= 0.3 is 0 Å². The number of hydrogen-bond acceptors (Lipinski definition) is 3. The van der Waals surface area contributed by atoms with Crippen LogP contribution in [0.1, 0.15) is 11.1 Å². The van der Waals surface area contributed by atoms with E-state index in [-0.39, 0.29) is 17.5 Å². The SMILES string of the molecule is Cc1c(F)cccc1NC(=O)[C@H](N)Cc1ccc(O)cc1. The zero-order chi connectivity index (χ0) is 15.4. The van der Waals surface area contributed by atoms with Crippen molar-refractivity contribution in [2.75, 3.05) is 5.32 Å². The summed E-state index contributed by atoms with van der Waals surface area (Å²) in [7, 11) is 0. The molecule has 0 unspecified atom stereocenters. The number of phenols is 1. The molecule has 0 aliphatic rings. The van der Waals surface area contributed by atoms with Gasteiger partial charge in [-0.2, -0.15) is 0 Å². The van der Waals surface area contributed by atoms with Crippen molar-refractivity contribution < 1.29 is 14.3 Å². The summed E-state index contributed by atoms with van der Waals surface area (Å²) in [6.45, 7) is 1.59. The second-order valence-electron chi connectivity index (χ2n) is 4.88. The fourth-order valence-corrected chi connectivity index (χ4v) is 1.95. The van der Waals surface area contributed by atoms with Gasteiger partial charge in [-0.15, -0.1) is 0 Å². The Kier molecular flexibility index (Phi) is 4.55. The molecule has 0 heterocycles. The first-order valence-corrected chi connectivity index (χ1v) is 6.57. The molecule has 0 spiro atoms. The van der Waals surface area contributed by atoms with Crippen LogP contribution in [0.15, 0.2) is 42.5 Å². The van der Waals surface area contributed by atoms with Crippen molar-refractivity contribution in [3.63, 3.8) is 0 Å². The van der Waals surface area contributed by atoms with Gasteiger partial charge in [-0.3, -0.25) is 4.79 Å². The third kappa shape index (κ3) is 3.79. The Morgan fingerprint density at radius 3 is 2.62 bits per heavy atom. The van der Waals surface area contributed by atoms with Gasteiger partial charge < -0.3 is 16.2 Å². The van der Waals surface area contributed by atoms with Crippen molar-refractivity contribution in [1.29, 1.82) is 0 Å². The van der Waals surface area contributed by atoms with Crippen LogP contribution in [0.25, 0.3) is 0 Å². The molecular weight excluding hydrogens is 271 g/mol. The standard InChI is InChI=1S/C16H17FN2O2/c1-10-13(17)3-2-4-15(10)19-16(21)14(18)9-11-5-7-12(20)8-6-11/h2-8,14,20H,9,18H2,1H3,(H,19,21)/t14-/m1/s1. The highest BCUT2D eigenvalue weighted by Crippen LogP contribution is 2.18. The van der Waals surface area contributed by atoms with Crippen LogP contribution < -0.4 is 11.1 Å². The Balaban J connectivity index is 2.02. The fourth-order valence-electron chi connectivity index (χ4n) is 1.95. The number of amides is 1. The minimum atomic E-state index is -0.753. The molecule has 1 amide bonds. The van der Waals surface area contributed by atoms with E-state index in [1.165, 1.54) is 24.3 Å². The van der Waals surface area contributed by atoms with Crippen LogP contribution in [0.3, 0.4) is 0 Å². The summed E-state index contributed by atoms with van der Waals surface area (Å²) in [4.78, 5) is 12.0. The Bertz CT molecular complexity index is 641. The Hall–Kier alpha value is -2.40. The maximum atomic E-state index is 13.4. The van der Waals surface area contributed by atoms with Crippen molar-refractivity contribution >= 4 is 11.6 Å². The van der Waals surface area contributed by atoms with Gasteiger partial charge in [0.05, 0.1) is 6.04 Å². The minimum Gasteiger partial charge on any atom is -0.508 e. The lowest BCUT2D eigenvalue weighted by Crippen LogP contribution is -2.37. The van der Waals surface area contributed by atoms with Gasteiger partial charge in [-0.25, -0.2) is 4.39 Å². The third-order valence-electron chi connectivity index (χ3n) is 3.25. The Morgan fingerprint density at radius 1 is 1.29 bits per heavy atom. The molecule has 0 aromatic heterocycles. The first-order chi connectivity index (χ1) is 9.97. The topological polar surface area (TPSA) is 75.4 Å². The lowest BCUT2D eigenvalue weighted by molar-refractivity contribution is -0.117. The average Bonchev–Trinajstić information content (AvgIpc) is 2.46. The highest BCUT2D eigenvalue weighted by atomic mass is 19.1. The molecule has 2 aromatic rings. The van der Waals surface area contributed by atoms with E-state index in [4.69, 9.17) is 5.73 Å². The van der Waals surface area contributed by atoms with Gasteiger partial charge in [0.15, 0.2) is 0 Å². The summed E-state index contributed by atoms with van der Waals surface area (Å²) in [6.07, 6.45) is 0.334. The number of anilines is 1. The number of nitrogens with one attached hydrogen (secondary N) is 1. The predicted molar refractivity (Wildman–Crippen MR) is 79.6 cm³/mol. The Morgan fingerprint density at radius 2 is 1.95 bits per heavy atom. The normalized spacial score (nSPS) is 12.0. The van der Waals surface area contributed by atoms with Gasteiger partial charge in [-0.05, 0) is 43.2 Å². The predicted octanol–water partition coefficient (Wildman–Crippen LogP) is 2.35. The van der Waals surface area contributed by atoms with Crippen molar-refractivity contribution in [3.8, 4) is 5.75 Å². The Labute approximate surface area is 122 Å². The molecule has 110 valence electrons. The molecule has 5 heteroatoms. The van der Waals surface area contributed by atoms with Crippen LogP contribution in [0.4, 0.5) is 10.1 Å². The van der Waals surface area contributed by atoms with Crippen molar-refractivity contribution in [1.82, 2.24) is 0 Å². The molecular formula is C16H17FN2O2. The number of phenolic OH excluding ortho intramolecular Hbond substituents is 1. The number of halogens is 1. The van der Waals surface area contributed by atoms with E-state index in [0.29, 0.717) is 17.7 Å². The number of hydrogen-bond donors (Lipinski definition) is 3. The second kappa shape index (κ2) is 6.37. The van der Waals surface area contributed by atoms with E-state index in [1.54, 1.807) is 25.1 Å². The van der Waals surface area contributed by atoms with E-state index in [1.807, 2.05) is 0 Å². The van der Waals surface area contributed by atoms with Gasteiger partial charge in [-0.1, -0.05) is 18.2 Å². The molecule has 0 saturated carbocycles. The molecule has 4 nitrogen and oxygen atoms in total. The molecule has 0 aliphatic heterocycles. The maximum Gasteiger partial charge on any atom is 0.241 e. The summed E-state index contributed by atoms with van der Waals surface area (Å²) >= 11 is 0. The molecule has 0 fully saturated rings. The largest absolute Gasteiger partial charge is 0.508 e. The summed E-state index contributed by atoms with van der Waals surface area (Å²) in [5.41, 5.74) is 7.49. The van der Waals surface area contributed by atoms with E-state index in [9.17, 15) is 14.3 Å². The molecule has 0 radical (unpaired) electrons.